The lowest BCUT2D eigenvalue weighted by molar-refractivity contribution is 0.0929. The molecule has 114 valence electrons. The molecule has 0 atom stereocenters. The van der Waals surface area contributed by atoms with Crippen LogP contribution in [0.15, 0.2) is 0 Å². The van der Waals surface area contributed by atoms with Gasteiger partial charge in [0, 0.05) is 13.1 Å². The van der Waals surface area contributed by atoms with Crippen molar-refractivity contribution in [3.63, 3.8) is 0 Å². The molecular formula is C14H26N4OS. The summed E-state index contributed by atoms with van der Waals surface area (Å²) in [6.45, 7) is 12.1. The zero-order valence-electron chi connectivity index (χ0n) is 13.0. The van der Waals surface area contributed by atoms with Crippen LogP contribution < -0.4 is 16.4 Å². The lowest BCUT2D eigenvalue weighted by atomic mass is 9.81. The summed E-state index contributed by atoms with van der Waals surface area (Å²) in [5.41, 5.74) is 5.87. The number of rotatable bonds is 7. The van der Waals surface area contributed by atoms with E-state index >= 15 is 0 Å². The number of hydrogen-bond acceptors (Lipinski definition) is 5. The largest absolute Gasteiger partial charge is 0.382 e. The Hall–Kier alpha value is -1.30. The summed E-state index contributed by atoms with van der Waals surface area (Å²) in [6.07, 6.45) is 1.00. The third-order valence-corrected chi connectivity index (χ3v) is 4.68. The fourth-order valence-corrected chi connectivity index (χ4v) is 2.22. The number of anilines is 2. The summed E-state index contributed by atoms with van der Waals surface area (Å²) in [5, 5.41) is 6.81. The van der Waals surface area contributed by atoms with Crippen LogP contribution in [0.2, 0.25) is 0 Å². The second-order valence-electron chi connectivity index (χ2n) is 5.99. The first kappa shape index (κ1) is 16.8. The molecule has 20 heavy (non-hydrogen) atoms. The summed E-state index contributed by atoms with van der Waals surface area (Å²) in [7, 11) is 0. The summed E-state index contributed by atoms with van der Waals surface area (Å²) >= 11 is 1.31. The smallest absolute Gasteiger partial charge is 0.265 e. The number of nitrogens with one attached hydrogen (secondary N) is 2. The molecule has 0 radical (unpaired) electrons. The molecule has 0 saturated carbocycles. The first-order valence-electron chi connectivity index (χ1n) is 7.06. The fourth-order valence-electron chi connectivity index (χ4n) is 1.39. The average Bonchev–Trinajstić information content (AvgIpc) is 2.74. The van der Waals surface area contributed by atoms with Crippen LogP contribution in [0, 0.1) is 11.3 Å². The Kier molecular flexibility index (Phi) is 5.80. The zero-order valence-corrected chi connectivity index (χ0v) is 13.9. The third kappa shape index (κ3) is 4.37. The molecule has 1 heterocycles. The van der Waals surface area contributed by atoms with Gasteiger partial charge in [0.1, 0.15) is 10.7 Å². The number of nitrogens with two attached hydrogens (primary N) is 1. The van der Waals surface area contributed by atoms with E-state index in [2.05, 4.69) is 50.2 Å². The van der Waals surface area contributed by atoms with Crippen molar-refractivity contribution in [2.24, 2.45) is 11.3 Å². The number of nitrogen functional groups attached to an aromatic ring is 1. The number of nitrogens with zero attached hydrogens (tertiary/aromatic N) is 1. The highest BCUT2D eigenvalue weighted by Gasteiger charge is 2.24. The maximum Gasteiger partial charge on any atom is 0.265 e. The molecule has 0 unspecified atom stereocenters. The van der Waals surface area contributed by atoms with Crippen LogP contribution in [0.25, 0.3) is 0 Å². The summed E-state index contributed by atoms with van der Waals surface area (Å²) in [5.74, 6) is 0.648. The molecular weight excluding hydrogens is 272 g/mol. The van der Waals surface area contributed by atoms with Crippen molar-refractivity contribution in [1.82, 2.24) is 10.3 Å². The van der Waals surface area contributed by atoms with Crippen LogP contribution in [0.5, 0.6) is 0 Å². The highest BCUT2D eigenvalue weighted by molar-refractivity contribution is 7.18. The third-order valence-electron chi connectivity index (χ3n) is 3.65. The number of amides is 1. The number of thiazole rings is 1. The van der Waals surface area contributed by atoms with Gasteiger partial charge in [-0.3, -0.25) is 4.79 Å². The van der Waals surface area contributed by atoms with Gasteiger partial charge < -0.3 is 16.4 Å². The molecule has 1 aromatic rings. The molecule has 0 aromatic carbocycles. The van der Waals surface area contributed by atoms with E-state index in [0.29, 0.717) is 28.3 Å². The molecule has 4 N–H and O–H groups in total. The highest BCUT2D eigenvalue weighted by atomic mass is 32.1. The highest BCUT2D eigenvalue weighted by Crippen LogP contribution is 2.27. The van der Waals surface area contributed by atoms with E-state index in [1.54, 1.807) is 0 Å². The van der Waals surface area contributed by atoms with Gasteiger partial charge in [0.05, 0.1) is 0 Å². The van der Waals surface area contributed by atoms with Crippen molar-refractivity contribution >= 4 is 28.2 Å². The molecule has 1 aromatic heterocycles. The van der Waals surface area contributed by atoms with E-state index in [1.165, 1.54) is 11.3 Å². The maximum atomic E-state index is 12.2. The van der Waals surface area contributed by atoms with Crippen LogP contribution in [-0.2, 0) is 0 Å². The van der Waals surface area contributed by atoms with Crippen LogP contribution in [-0.4, -0.2) is 24.0 Å². The summed E-state index contributed by atoms with van der Waals surface area (Å²) < 4.78 is 0. The van der Waals surface area contributed by atoms with Crippen LogP contribution in [0.4, 0.5) is 10.9 Å². The number of carbonyl (C=O) groups excluding carboxylic acids is 1. The molecule has 0 bridgehead atoms. The lowest BCUT2D eigenvalue weighted by Crippen LogP contribution is -2.36. The van der Waals surface area contributed by atoms with Gasteiger partial charge in [0.2, 0.25) is 0 Å². The Morgan fingerprint density at radius 2 is 2.10 bits per heavy atom. The lowest BCUT2D eigenvalue weighted by Gasteiger charge is -2.29. The molecule has 1 rings (SSSR count). The number of hydrogen-bond donors (Lipinski definition) is 3. The molecule has 0 fully saturated rings. The average molecular weight is 298 g/mol. The Labute approximate surface area is 125 Å². The minimum Gasteiger partial charge on any atom is -0.382 e. The maximum absolute atomic E-state index is 12.2. The molecule has 6 heteroatoms. The van der Waals surface area contributed by atoms with Crippen molar-refractivity contribution in [3.05, 3.63) is 4.88 Å². The van der Waals surface area contributed by atoms with Gasteiger partial charge in [-0.05, 0) is 17.8 Å². The Balaban J connectivity index is 2.66. The molecule has 0 spiro atoms. The van der Waals surface area contributed by atoms with Gasteiger partial charge >= 0.3 is 0 Å². The van der Waals surface area contributed by atoms with Gasteiger partial charge in [-0.2, -0.15) is 0 Å². The topological polar surface area (TPSA) is 80.0 Å². The van der Waals surface area contributed by atoms with Crippen molar-refractivity contribution in [3.8, 4) is 0 Å². The predicted octanol–water partition coefficient (Wildman–Crippen LogP) is 2.96. The minimum atomic E-state index is -0.140. The Morgan fingerprint density at radius 1 is 1.45 bits per heavy atom. The molecule has 5 nitrogen and oxygen atoms in total. The zero-order chi connectivity index (χ0) is 15.3. The molecule has 0 aliphatic heterocycles. The molecule has 0 aliphatic rings. The monoisotopic (exact) mass is 298 g/mol. The van der Waals surface area contributed by atoms with Gasteiger partial charge in [0.25, 0.3) is 5.91 Å². The van der Waals surface area contributed by atoms with E-state index in [9.17, 15) is 4.79 Å². The molecule has 0 saturated heterocycles. The standard InChI is InChI=1S/C14H26N4OS/c1-6-7-16-13-18-11(15)10(20-13)12(19)17-8-14(4,5)9(2)3/h9H,6-8,15H2,1-5H3,(H,16,18)(H,17,19). The quantitative estimate of drug-likeness (QED) is 0.723. The van der Waals surface area contributed by atoms with E-state index in [0.717, 1.165) is 13.0 Å². The number of aromatic nitrogens is 1. The second-order valence-corrected chi connectivity index (χ2v) is 6.99. The first-order valence-corrected chi connectivity index (χ1v) is 7.88. The second kappa shape index (κ2) is 6.92. The SMILES string of the molecule is CCCNc1nc(N)c(C(=O)NCC(C)(C)C(C)C)s1. The van der Waals surface area contributed by atoms with Crippen LogP contribution in [0.1, 0.15) is 50.7 Å². The first-order chi connectivity index (χ1) is 9.27. The summed E-state index contributed by atoms with van der Waals surface area (Å²) in [6, 6.07) is 0. The van der Waals surface area contributed by atoms with Crippen LogP contribution in [0.3, 0.4) is 0 Å². The van der Waals surface area contributed by atoms with E-state index in [-0.39, 0.29) is 11.3 Å². The van der Waals surface area contributed by atoms with Crippen molar-refractivity contribution < 1.29 is 4.79 Å². The number of carbonyl (C=O) groups is 1. The van der Waals surface area contributed by atoms with Crippen molar-refractivity contribution in [2.45, 2.75) is 41.0 Å². The van der Waals surface area contributed by atoms with E-state index in [1.807, 2.05) is 0 Å². The van der Waals surface area contributed by atoms with Gasteiger partial charge in [-0.1, -0.05) is 46.0 Å². The van der Waals surface area contributed by atoms with E-state index in [4.69, 9.17) is 5.73 Å². The van der Waals surface area contributed by atoms with Gasteiger partial charge in [-0.15, -0.1) is 0 Å². The molecule has 1 amide bonds. The normalized spacial score (nSPS) is 11.7. The van der Waals surface area contributed by atoms with Gasteiger partial charge in [0.15, 0.2) is 5.13 Å². The van der Waals surface area contributed by atoms with Crippen molar-refractivity contribution in [1.29, 1.82) is 0 Å². The Morgan fingerprint density at radius 3 is 2.65 bits per heavy atom. The Bertz CT molecular complexity index is 454. The molecule has 0 aliphatic carbocycles. The summed E-state index contributed by atoms with van der Waals surface area (Å²) in [4.78, 5) is 16.8. The predicted molar refractivity (Wildman–Crippen MR) is 86.3 cm³/mol. The fraction of sp³-hybridized carbons (Fsp3) is 0.714. The van der Waals surface area contributed by atoms with Gasteiger partial charge in [-0.25, -0.2) is 4.98 Å². The van der Waals surface area contributed by atoms with Crippen molar-refractivity contribution in [2.75, 3.05) is 24.1 Å². The minimum absolute atomic E-state index is 0.0540. The van der Waals surface area contributed by atoms with Crippen LogP contribution >= 0.6 is 11.3 Å². The van der Waals surface area contributed by atoms with E-state index < -0.39 is 0 Å².